The van der Waals surface area contributed by atoms with Crippen molar-refractivity contribution >= 4 is 34.6 Å². The highest BCUT2D eigenvalue weighted by Gasteiger charge is 2.24. The second kappa shape index (κ2) is 8.15. The molecule has 30 heavy (non-hydrogen) atoms. The third-order valence-corrected chi connectivity index (χ3v) is 5.20. The predicted molar refractivity (Wildman–Crippen MR) is 111 cm³/mol. The van der Waals surface area contributed by atoms with Crippen LogP contribution in [0.2, 0.25) is 0 Å². The number of esters is 1. The van der Waals surface area contributed by atoms with Crippen LogP contribution in [-0.4, -0.2) is 32.7 Å². The van der Waals surface area contributed by atoms with Gasteiger partial charge in [-0.25, -0.2) is 9.78 Å². The molecule has 0 aliphatic carbocycles. The van der Waals surface area contributed by atoms with Crippen LogP contribution in [0.1, 0.15) is 34.4 Å². The van der Waals surface area contributed by atoms with Crippen LogP contribution in [-0.2, 0) is 10.5 Å². The molecule has 0 saturated heterocycles. The Balaban J connectivity index is 1.56. The first kappa shape index (κ1) is 19.9. The maximum Gasteiger partial charge on any atom is 0.342 e. The van der Waals surface area contributed by atoms with E-state index in [1.165, 1.54) is 11.8 Å². The molecule has 10 heteroatoms. The van der Waals surface area contributed by atoms with Crippen molar-refractivity contribution in [2.24, 2.45) is 0 Å². The van der Waals surface area contributed by atoms with Gasteiger partial charge in [-0.1, -0.05) is 30.0 Å². The number of nitrogens with two attached hydrogens (primary N) is 1. The number of rotatable bonds is 6. The molecule has 3 heterocycles. The zero-order valence-corrected chi connectivity index (χ0v) is 17.4. The van der Waals surface area contributed by atoms with Gasteiger partial charge in [0, 0.05) is 5.56 Å². The lowest BCUT2D eigenvalue weighted by atomic mass is 10.1. The standard InChI is InChI=1S/C20H19N5O4S/c1-4-27-19(26)14-11(3)28-18-15(14)16(21)22-13(23-18)9-30-20-25-24-17(29-20)12-8-6-5-7-10(12)2/h5-8H,4,9H2,1-3H3,(H2,21,22,23). The minimum Gasteiger partial charge on any atom is -0.462 e. The van der Waals surface area contributed by atoms with E-state index >= 15 is 0 Å². The molecule has 0 saturated carbocycles. The molecule has 0 atom stereocenters. The number of aryl methyl sites for hydroxylation is 2. The van der Waals surface area contributed by atoms with E-state index in [4.69, 9.17) is 19.3 Å². The number of anilines is 1. The van der Waals surface area contributed by atoms with E-state index in [0.717, 1.165) is 11.1 Å². The molecule has 3 aromatic heterocycles. The number of nitrogens with zero attached hydrogens (tertiary/aromatic N) is 4. The number of nitrogen functional groups attached to an aromatic ring is 1. The lowest BCUT2D eigenvalue weighted by Crippen LogP contribution is -2.07. The smallest absolute Gasteiger partial charge is 0.342 e. The highest BCUT2D eigenvalue weighted by molar-refractivity contribution is 7.98. The Morgan fingerprint density at radius 2 is 1.97 bits per heavy atom. The quantitative estimate of drug-likeness (QED) is 0.358. The molecule has 2 N–H and O–H groups in total. The van der Waals surface area contributed by atoms with Gasteiger partial charge in [-0.05, 0) is 32.4 Å². The van der Waals surface area contributed by atoms with Crippen molar-refractivity contribution < 1.29 is 18.4 Å². The molecule has 154 valence electrons. The van der Waals surface area contributed by atoms with E-state index < -0.39 is 5.97 Å². The van der Waals surface area contributed by atoms with Crippen molar-refractivity contribution in [3.05, 3.63) is 47.0 Å². The van der Waals surface area contributed by atoms with Gasteiger partial charge < -0.3 is 19.3 Å². The maximum atomic E-state index is 12.2. The third kappa shape index (κ3) is 3.73. The number of carbonyl (C=O) groups is 1. The summed E-state index contributed by atoms with van der Waals surface area (Å²) in [5, 5.41) is 8.92. The van der Waals surface area contributed by atoms with Crippen molar-refractivity contribution in [3.63, 3.8) is 0 Å². The van der Waals surface area contributed by atoms with Gasteiger partial charge >= 0.3 is 5.97 Å². The number of thioether (sulfide) groups is 1. The van der Waals surface area contributed by atoms with Gasteiger partial charge in [-0.15, -0.1) is 10.2 Å². The van der Waals surface area contributed by atoms with E-state index in [-0.39, 0.29) is 23.7 Å². The summed E-state index contributed by atoms with van der Waals surface area (Å²) < 4.78 is 16.4. The fourth-order valence-corrected chi connectivity index (χ4v) is 3.63. The van der Waals surface area contributed by atoms with Crippen molar-refractivity contribution in [1.82, 2.24) is 20.2 Å². The summed E-state index contributed by atoms with van der Waals surface area (Å²) in [5.74, 6) is 1.23. The fraction of sp³-hybridized carbons (Fsp3) is 0.250. The van der Waals surface area contributed by atoms with Crippen molar-refractivity contribution in [1.29, 1.82) is 0 Å². The highest BCUT2D eigenvalue weighted by Crippen LogP contribution is 2.31. The number of fused-ring (bicyclic) bond motifs is 1. The minimum absolute atomic E-state index is 0.154. The zero-order valence-electron chi connectivity index (χ0n) is 16.6. The first-order valence-corrected chi connectivity index (χ1v) is 10.2. The summed E-state index contributed by atoms with van der Waals surface area (Å²) in [6.07, 6.45) is 0. The van der Waals surface area contributed by atoms with Gasteiger partial charge in [0.2, 0.25) is 11.6 Å². The lowest BCUT2D eigenvalue weighted by molar-refractivity contribution is 0.0526. The monoisotopic (exact) mass is 425 g/mol. The van der Waals surface area contributed by atoms with Crippen LogP contribution in [0, 0.1) is 13.8 Å². The number of aromatic nitrogens is 4. The van der Waals surface area contributed by atoms with E-state index in [0.29, 0.717) is 33.8 Å². The largest absolute Gasteiger partial charge is 0.462 e. The van der Waals surface area contributed by atoms with Gasteiger partial charge in [-0.2, -0.15) is 4.98 Å². The Morgan fingerprint density at radius 3 is 2.73 bits per heavy atom. The molecule has 1 aromatic carbocycles. The average molecular weight is 425 g/mol. The first-order valence-electron chi connectivity index (χ1n) is 9.22. The molecule has 0 spiro atoms. The number of carbonyl (C=O) groups excluding carboxylic acids is 1. The van der Waals surface area contributed by atoms with E-state index in [1.807, 2.05) is 31.2 Å². The summed E-state index contributed by atoms with van der Waals surface area (Å²) in [6, 6.07) is 7.77. The van der Waals surface area contributed by atoms with Gasteiger partial charge in [0.1, 0.15) is 23.0 Å². The van der Waals surface area contributed by atoms with E-state index in [2.05, 4.69) is 20.2 Å². The Labute approximate surface area is 176 Å². The van der Waals surface area contributed by atoms with Crippen LogP contribution in [0.4, 0.5) is 5.82 Å². The number of hydrogen-bond acceptors (Lipinski definition) is 10. The average Bonchev–Trinajstić information content (AvgIpc) is 3.31. The normalized spacial score (nSPS) is 11.2. The first-order chi connectivity index (χ1) is 14.5. The predicted octanol–water partition coefficient (Wildman–Crippen LogP) is 3.94. The Kier molecular flexibility index (Phi) is 5.40. The van der Waals surface area contributed by atoms with E-state index in [1.54, 1.807) is 13.8 Å². The minimum atomic E-state index is -0.513. The van der Waals surface area contributed by atoms with Crippen molar-refractivity contribution in [2.45, 2.75) is 31.7 Å². The molecule has 0 fully saturated rings. The number of hydrogen-bond donors (Lipinski definition) is 1. The second-order valence-corrected chi connectivity index (χ2v) is 7.36. The van der Waals surface area contributed by atoms with Crippen molar-refractivity contribution in [3.8, 4) is 11.5 Å². The van der Waals surface area contributed by atoms with E-state index in [9.17, 15) is 4.79 Å². The van der Waals surface area contributed by atoms with Crippen LogP contribution in [0.5, 0.6) is 0 Å². The Bertz CT molecular complexity index is 1230. The number of furan rings is 1. The maximum absolute atomic E-state index is 12.2. The molecule has 0 aliphatic heterocycles. The fourth-order valence-electron chi connectivity index (χ4n) is 3.01. The second-order valence-electron chi connectivity index (χ2n) is 6.44. The Morgan fingerprint density at radius 1 is 1.17 bits per heavy atom. The van der Waals surface area contributed by atoms with Gasteiger partial charge in [-0.3, -0.25) is 0 Å². The lowest BCUT2D eigenvalue weighted by Gasteiger charge is -2.03. The summed E-state index contributed by atoms with van der Waals surface area (Å²) >= 11 is 1.28. The molecule has 4 rings (SSSR count). The molecule has 0 amide bonds. The summed E-state index contributed by atoms with van der Waals surface area (Å²) in [7, 11) is 0. The molecule has 0 unspecified atom stereocenters. The SMILES string of the molecule is CCOC(=O)c1c(C)oc2nc(CSc3nnc(-c4ccccc4C)o3)nc(N)c12. The summed E-state index contributed by atoms with van der Waals surface area (Å²) in [4.78, 5) is 20.9. The topological polar surface area (TPSA) is 130 Å². The molecular weight excluding hydrogens is 406 g/mol. The Hall–Kier alpha value is -3.40. The molecule has 0 aliphatic rings. The molecular formula is C20H19N5O4S. The molecule has 4 aromatic rings. The molecule has 0 bridgehead atoms. The molecule has 9 nitrogen and oxygen atoms in total. The van der Waals surface area contributed by atoms with Crippen LogP contribution in [0.25, 0.3) is 22.6 Å². The van der Waals surface area contributed by atoms with Gasteiger partial charge in [0.15, 0.2) is 0 Å². The highest BCUT2D eigenvalue weighted by atomic mass is 32.2. The van der Waals surface area contributed by atoms with Crippen LogP contribution in [0.15, 0.2) is 38.3 Å². The van der Waals surface area contributed by atoms with Crippen molar-refractivity contribution in [2.75, 3.05) is 12.3 Å². The van der Waals surface area contributed by atoms with Crippen LogP contribution in [0.3, 0.4) is 0 Å². The van der Waals surface area contributed by atoms with Gasteiger partial charge in [0.05, 0.1) is 17.7 Å². The number of benzene rings is 1. The zero-order chi connectivity index (χ0) is 21.3. The van der Waals surface area contributed by atoms with Crippen LogP contribution >= 0.6 is 11.8 Å². The van der Waals surface area contributed by atoms with Gasteiger partial charge in [0.25, 0.3) is 5.22 Å². The van der Waals surface area contributed by atoms with Crippen LogP contribution < -0.4 is 5.73 Å². The number of ether oxygens (including phenoxy) is 1. The summed E-state index contributed by atoms with van der Waals surface area (Å²) in [6.45, 7) is 5.61. The molecule has 0 radical (unpaired) electrons. The summed E-state index contributed by atoms with van der Waals surface area (Å²) in [5.41, 5.74) is 8.52. The third-order valence-electron chi connectivity index (χ3n) is 4.39.